The Hall–Kier alpha value is -1.80. The van der Waals surface area contributed by atoms with E-state index in [4.69, 9.17) is 4.74 Å². The van der Waals surface area contributed by atoms with Crippen molar-refractivity contribution in [3.8, 4) is 0 Å². The van der Waals surface area contributed by atoms with Crippen LogP contribution in [-0.4, -0.2) is 80.6 Å². The number of esters is 1. The lowest BCUT2D eigenvalue weighted by atomic mass is 9.78. The van der Waals surface area contributed by atoms with E-state index in [-0.39, 0.29) is 29.6 Å². The summed E-state index contributed by atoms with van der Waals surface area (Å²) in [5.41, 5.74) is -0.394. The van der Waals surface area contributed by atoms with Crippen LogP contribution in [0.15, 0.2) is 24.3 Å². The van der Waals surface area contributed by atoms with Crippen molar-refractivity contribution in [2.75, 3.05) is 26.3 Å². The Bertz CT molecular complexity index is 819. The third kappa shape index (κ3) is 3.61. The standard InChI is InChI=1S/C23H32N2O5S/c1-22(2,3)25-12-8-10-23-17(16-15(31-23)9-4-7-14-30-21(16)29)19(27)24(11-5-6-13-26)18(23)20(25)28/h4,8-10,15-18,26H,5-7,11-14H2,1-3H3/t15-,16+,17-,18?,23-/m0/s1. The molecule has 1 N–H and O–H groups in total. The van der Waals surface area contributed by atoms with Gasteiger partial charge in [0.05, 0.1) is 23.2 Å². The number of hydrogen-bond donors (Lipinski definition) is 1. The van der Waals surface area contributed by atoms with Crippen LogP contribution in [0.25, 0.3) is 0 Å². The lowest BCUT2D eigenvalue weighted by Gasteiger charge is -2.40. The fourth-order valence-corrected chi connectivity index (χ4v) is 7.35. The number of carbonyl (C=O) groups excluding carboxylic acids is 3. The van der Waals surface area contributed by atoms with Gasteiger partial charge in [-0.3, -0.25) is 14.4 Å². The van der Waals surface area contributed by atoms with Gasteiger partial charge in [-0.1, -0.05) is 24.3 Å². The number of nitrogens with zero attached hydrogens (tertiary/aromatic N) is 2. The zero-order valence-corrected chi connectivity index (χ0v) is 19.3. The number of unbranched alkanes of at least 4 members (excludes halogenated alkanes) is 1. The van der Waals surface area contributed by atoms with E-state index in [2.05, 4.69) is 0 Å². The third-order valence-corrected chi connectivity index (χ3v) is 8.48. The molecule has 1 spiro atoms. The second-order valence-electron chi connectivity index (χ2n) is 9.71. The van der Waals surface area contributed by atoms with Crippen LogP contribution in [0.1, 0.15) is 40.0 Å². The summed E-state index contributed by atoms with van der Waals surface area (Å²) < 4.78 is 4.67. The van der Waals surface area contributed by atoms with Crippen LogP contribution in [0.2, 0.25) is 0 Å². The van der Waals surface area contributed by atoms with Crippen LogP contribution >= 0.6 is 11.8 Å². The number of hydrogen-bond acceptors (Lipinski definition) is 6. The van der Waals surface area contributed by atoms with Crippen LogP contribution in [-0.2, 0) is 19.1 Å². The minimum atomic E-state index is -0.795. The number of rotatable bonds is 4. The predicted octanol–water partition coefficient (Wildman–Crippen LogP) is 1.76. The molecule has 4 aliphatic rings. The lowest BCUT2D eigenvalue weighted by Crippen LogP contribution is -2.57. The quantitative estimate of drug-likeness (QED) is 0.401. The number of likely N-dealkylation sites (tertiary alicyclic amines) is 1. The molecule has 2 fully saturated rings. The molecule has 0 aromatic carbocycles. The number of carbonyl (C=O) groups is 3. The third-order valence-electron chi connectivity index (χ3n) is 6.74. The Labute approximate surface area is 187 Å². The monoisotopic (exact) mass is 448 g/mol. The molecule has 5 atom stereocenters. The first kappa shape index (κ1) is 22.4. The van der Waals surface area contributed by atoms with Gasteiger partial charge >= 0.3 is 5.97 Å². The van der Waals surface area contributed by atoms with Crippen LogP contribution < -0.4 is 0 Å². The maximum Gasteiger partial charge on any atom is 0.311 e. The Balaban J connectivity index is 1.80. The van der Waals surface area contributed by atoms with Gasteiger partial charge in [-0.05, 0) is 40.0 Å². The molecule has 7 nitrogen and oxygen atoms in total. The summed E-state index contributed by atoms with van der Waals surface area (Å²) in [5.74, 6) is -1.79. The maximum atomic E-state index is 13.9. The number of fused-ring (bicyclic) bond motifs is 2. The van der Waals surface area contributed by atoms with E-state index in [1.165, 1.54) is 0 Å². The molecule has 31 heavy (non-hydrogen) atoms. The molecule has 1 unspecified atom stereocenters. The van der Waals surface area contributed by atoms with Crippen molar-refractivity contribution in [1.29, 1.82) is 0 Å². The molecule has 2 amide bonds. The fourth-order valence-electron chi connectivity index (χ4n) is 5.34. The molecule has 4 rings (SSSR count). The van der Waals surface area contributed by atoms with Crippen LogP contribution in [0, 0.1) is 11.8 Å². The Morgan fingerprint density at radius 1 is 1.19 bits per heavy atom. The second kappa shape index (κ2) is 8.28. The van der Waals surface area contributed by atoms with Gasteiger partial charge in [0, 0.05) is 30.5 Å². The van der Waals surface area contributed by atoms with E-state index in [1.54, 1.807) is 16.7 Å². The predicted molar refractivity (Wildman–Crippen MR) is 118 cm³/mol. The van der Waals surface area contributed by atoms with E-state index in [0.29, 0.717) is 39.0 Å². The zero-order valence-electron chi connectivity index (χ0n) is 18.5. The molecule has 0 bridgehead atoms. The SMILES string of the molecule is CC(C)(C)N1CC=C[C@]23S[C@H]4C=CCCOC(=O)[C@H]4[C@H]2C(=O)N(CCCCO)C3C1=O. The van der Waals surface area contributed by atoms with Gasteiger partial charge in [0.1, 0.15) is 6.04 Å². The average molecular weight is 449 g/mol. The highest BCUT2D eigenvalue weighted by Crippen LogP contribution is 2.61. The molecule has 0 aromatic rings. The number of cyclic esters (lactones) is 1. The maximum absolute atomic E-state index is 13.9. The first-order chi connectivity index (χ1) is 14.7. The lowest BCUT2D eigenvalue weighted by molar-refractivity contribution is -0.153. The highest BCUT2D eigenvalue weighted by Gasteiger charge is 2.71. The molecule has 0 radical (unpaired) electrons. The molecule has 2 saturated heterocycles. The summed E-state index contributed by atoms with van der Waals surface area (Å²) in [6, 6.07) is -0.666. The largest absolute Gasteiger partial charge is 0.465 e. The fraction of sp³-hybridized carbons (Fsp3) is 0.696. The van der Waals surface area contributed by atoms with E-state index in [9.17, 15) is 19.5 Å². The van der Waals surface area contributed by atoms with Gasteiger partial charge in [-0.2, -0.15) is 0 Å². The summed E-state index contributed by atoms with van der Waals surface area (Å²) in [4.78, 5) is 44.2. The van der Waals surface area contributed by atoms with Gasteiger partial charge in [0.25, 0.3) is 0 Å². The molecule has 0 saturated carbocycles. The van der Waals surface area contributed by atoms with Gasteiger partial charge < -0.3 is 19.6 Å². The summed E-state index contributed by atoms with van der Waals surface area (Å²) in [6.45, 7) is 7.21. The van der Waals surface area contributed by atoms with Crippen molar-refractivity contribution in [2.24, 2.45) is 11.8 Å². The van der Waals surface area contributed by atoms with Gasteiger partial charge in [0.2, 0.25) is 11.8 Å². The molecule has 0 aromatic heterocycles. The van der Waals surface area contributed by atoms with Gasteiger partial charge in [0.15, 0.2) is 0 Å². The van der Waals surface area contributed by atoms with Crippen molar-refractivity contribution in [3.63, 3.8) is 0 Å². The smallest absolute Gasteiger partial charge is 0.311 e. The van der Waals surface area contributed by atoms with Gasteiger partial charge in [-0.25, -0.2) is 0 Å². The van der Waals surface area contributed by atoms with E-state index in [1.807, 2.05) is 50.0 Å². The summed E-state index contributed by atoms with van der Waals surface area (Å²) in [6.07, 6.45) is 9.87. The van der Waals surface area contributed by atoms with Crippen molar-refractivity contribution < 1.29 is 24.2 Å². The van der Waals surface area contributed by atoms with E-state index >= 15 is 0 Å². The second-order valence-corrected chi connectivity index (χ2v) is 11.2. The Morgan fingerprint density at radius 3 is 2.68 bits per heavy atom. The van der Waals surface area contributed by atoms with Crippen molar-refractivity contribution >= 4 is 29.5 Å². The number of amides is 2. The first-order valence-corrected chi connectivity index (χ1v) is 12.0. The molecule has 170 valence electrons. The van der Waals surface area contributed by atoms with Crippen LogP contribution in [0.3, 0.4) is 0 Å². The van der Waals surface area contributed by atoms with E-state index in [0.717, 1.165) is 0 Å². The summed E-state index contributed by atoms with van der Waals surface area (Å²) >= 11 is 1.57. The number of aliphatic hydroxyl groups excluding tert-OH is 1. The topological polar surface area (TPSA) is 87.2 Å². The molecule has 4 aliphatic heterocycles. The average Bonchev–Trinajstić information content (AvgIpc) is 3.05. The molecular formula is C23H32N2O5S. The van der Waals surface area contributed by atoms with E-state index < -0.39 is 28.2 Å². The Kier molecular flexibility index (Phi) is 5.98. The van der Waals surface area contributed by atoms with Crippen LogP contribution in [0.5, 0.6) is 0 Å². The van der Waals surface area contributed by atoms with Crippen molar-refractivity contribution in [1.82, 2.24) is 9.80 Å². The number of aliphatic hydroxyl groups is 1. The zero-order chi connectivity index (χ0) is 22.4. The summed E-state index contributed by atoms with van der Waals surface area (Å²) in [7, 11) is 0. The molecular weight excluding hydrogens is 416 g/mol. The molecule has 4 heterocycles. The minimum absolute atomic E-state index is 0.0415. The number of ether oxygens (including phenoxy) is 1. The first-order valence-electron chi connectivity index (χ1n) is 11.1. The van der Waals surface area contributed by atoms with Gasteiger partial charge in [-0.15, -0.1) is 11.8 Å². The molecule has 0 aliphatic carbocycles. The minimum Gasteiger partial charge on any atom is -0.465 e. The highest BCUT2D eigenvalue weighted by atomic mass is 32.2. The van der Waals surface area contributed by atoms with Crippen molar-refractivity contribution in [3.05, 3.63) is 24.3 Å². The molecule has 8 heteroatoms. The van der Waals surface area contributed by atoms with Crippen LogP contribution in [0.4, 0.5) is 0 Å². The van der Waals surface area contributed by atoms with Crippen molar-refractivity contribution in [2.45, 2.75) is 61.6 Å². The summed E-state index contributed by atoms with van der Waals surface area (Å²) in [5, 5.41) is 9.04. The highest BCUT2D eigenvalue weighted by molar-refractivity contribution is 8.02. The number of thioether (sulfide) groups is 1. The normalized spacial score (nSPS) is 35.3. The Morgan fingerprint density at radius 2 is 1.97 bits per heavy atom.